The molecule has 2 fully saturated rings. The van der Waals surface area contributed by atoms with Gasteiger partial charge in [-0.1, -0.05) is 11.6 Å². The Bertz CT molecular complexity index is 1300. The van der Waals surface area contributed by atoms with Gasteiger partial charge in [-0.25, -0.2) is 13.4 Å². The van der Waals surface area contributed by atoms with Crippen molar-refractivity contribution in [3.05, 3.63) is 46.6 Å². The summed E-state index contributed by atoms with van der Waals surface area (Å²) >= 11 is 6.17. The number of piperidine rings is 1. The fourth-order valence-electron chi connectivity index (χ4n) is 5.24. The van der Waals surface area contributed by atoms with E-state index in [1.54, 1.807) is 19.1 Å². The summed E-state index contributed by atoms with van der Waals surface area (Å²) in [5.41, 5.74) is 0.241. The highest BCUT2D eigenvalue weighted by atomic mass is 35.5. The van der Waals surface area contributed by atoms with Crippen LogP contribution in [0.2, 0.25) is 5.02 Å². The zero-order chi connectivity index (χ0) is 27.8. The Morgan fingerprint density at radius 1 is 1.13 bits per heavy atom. The predicted molar refractivity (Wildman–Crippen MR) is 140 cm³/mol. The first-order valence-electron chi connectivity index (χ1n) is 12.4. The van der Waals surface area contributed by atoms with Crippen molar-refractivity contribution in [2.24, 2.45) is 0 Å². The molecule has 1 unspecified atom stereocenters. The van der Waals surface area contributed by atoms with Crippen LogP contribution in [0.5, 0.6) is 0 Å². The largest absolute Gasteiger partial charge is 0.417 e. The molecule has 38 heavy (non-hydrogen) atoms. The maximum absolute atomic E-state index is 13.3. The number of alkyl halides is 3. The molecule has 2 saturated heterocycles. The number of carbonyl (C=O) groups is 1. The van der Waals surface area contributed by atoms with E-state index in [2.05, 4.69) is 15.2 Å². The molecule has 1 aromatic carbocycles. The van der Waals surface area contributed by atoms with Gasteiger partial charge in [0.1, 0.15) is 5.82 Å². The first-order chi connectivity index (χ1) is 17.8. The molecule has 0 saturated carbocycles. The molecule has 0 bridgehead atoms. The van der Waals surface area contributed by atoms with Gasteiger partial charge in [0, 0.05) is 63.6 Å². The van der Waals surface area contributed by atoms with Crippen molar-refractivity contribution >= 4 is 39.0 Å². The van der Waals surface area contributed by atoms with E-state index in [4.69, 9.17) is 11.6 Å². The molecule has 1 aromatic heterocycles. The van der Waals surface area contributed by atoms with E-state index in [0.29, 0.717) is 62.6 Å². The highest BCUT2D eigenvalue weighted by molar-refractivity contribution is 7.89. The van der Waals surface area contributed by atoms with Gasteiger partial charge in [-0.05, 0) is 56.5 Å². The van der Waals surface area contributed by atoms with Crippen LogP contribution in [0.3, 0.4) is 0 Å². The Morgan fingerprint density at radius 3 is 2.37 bits per heavy atom. The lowest BCUT2D eigenvalue weighted by molar-refractivity contribution is -0.137. The van der Waals surface area contributed by atoms with Crippen LogP contribution in [-0.4, -0.2) is 73.3 Å². The number of nitrogens with one attached hydrogen (secondary N) is 1. The lowest BCUT2D eigenvalue weighted by Crippen LogP contribution is -2.57. The van der Waals surface area contributed by atoms with Gasteiger partial charge in [0.2, 0.25) is 15.9 Å². The third kappa shape index (κ3) is 6.08. The number of benzene rings is 1. The van der Waals surface area contributed by atoms with Crippen LogP contribution in [0, 0.1) is 6.92 Å². The SMILES string of the molecule is CC(=O)Nc1ccc(S(=O)(=O)N2CCC(N3CCN(c4ncc(C(F)(F)F)cc4Cl)C(C)C3)CC2)c(C)c1. The molecule has 2 aromatic rings. The topological polar surface area (TPSA) is 85.8 Å². The smallest absolute Gasteiger partial charge is 0.350 e. The molecular formula is C25H31ClF3N5O3S. The van der Waals surface area contributed by atoms with Crippen LogP contribution in [-0.2, 0) is 21.0 Å². The Kier molecular flexibility index (Phi) is 8.27. The first kappa shape index (κ1) is 28.6. The highest BCUT2D eigenvalue weighted by Gasteiger charge is 2.36. The van der Waals surface area contributed by atoms with Gasteiger partial charge in [-0.2, -0.15) is 17.5 Å². The zero-order valence-corrected chi connectivity index (χ0v) is 23.0. The van der Waals surface area contributed by atoms with Crippen molar-refractivity contribution in [2.75, 3.05) is 42.9 Å². The van der Waals surface area contributed by atoms with Crippen molar-refractivity contribution in [3.63, 3.8) is 0 Å². The number of aromatic nitrogens is 1. The number of rotatable bonds is 5. The lowest BCUT2D eigenvalue weighted by Gasteiger charge is -2.46. The van der Waals surface area contributed by atoms with E-state index in [1.165, 1.54) is 17.3 Å². The number of halogens is 4. The monoisotopic (exact) mass is 573 g/mol. The molecule has 1 atom stereocenters. The minimum atomic E-state index is -4.50. The van der Waals surface area contributed by atoms with Crippen molar-refractivity contribution in [1.29, 1.82) is 0 Å². The van der Waals surface area contributed by atoms with Gasteiger partial charge in [0.05, 0.1) is 15.5 Å². The van der Waals surface area contributed by atoms with Crippen LogP contribution in [0.1, 0.15) is 37.8 Å². The quantitative estimate of drug-likeness (QED) is 0.571. The van der Waals surface area contributed by atoms with E-state index in [-0.39, 0.29) is 27.9 Å². The summed E-state index contributed by atoms with van der Waals surface area (Å²) in [6, 6.07) is 5.85. The zero-order valence-electron chi connectivity index (χ0n) is 21.4. The molecule has 3 heterocycles. The first-order valence-corrected chi connectivity index (χ1v) is 14.2. The molecule has 0 radical (unpaired) electrons. The second-order valence-corrected chi connectivity index (χ2v) is 12.2. The van der Waals surface area contributed by atoms with Gasteiger partial charge >= 0.3 is 6.18 Å². The number of hydrogen-bond acceptors (Lipinski definition) is 6. The average Bonchev–Trinajstić information content (AvgIpc) is 2.83. The molecule has 2 aliphatic heterocycles. The lowest BCUT2D eigenvalue weighted by atomic mass is 10.0. The number of carbonyl (C=O) groups excluding carboxylic acids is 1. The Hall–Kier alpha value is -2.41. The number of hydrogen-bond donors (Lipinski definition) is 1. The summed E-state index contributed by atoms with van der Waals surface area (Å²) in [4.78, 5) is 19.8. The van der Waals surface area contributed by atoms with Crippen LogP contribution in [0.25, 0.3) is 0 Å². The second-order valence-electron chi connectivity index (χ2n) is 9.86. The minimum absolute atomic E-state index is 0.0287. The summed E-state index contributed by atoms with van der Waals surface area (Å²) in [7, 11) is -3.68. The predicted octanol–water partition coefficient (Wildman–Crippen LogP) is 4.38. The molecule has 4 rings (SSSR count). The van der Waals surface area contributed by atoms with Gasteiger partial charge < -0.3 is 10.2 Å². The van der Waals surface area contributed by atoms with Crippen LogP contribution in [0.4, 0.5) is 24.7 Å². The van der Waals surface area contributed by atoms with Crippen molar-refractivity contribution in [3.8, 4) is 0 Å². The van der Waals surface area contributed by atoms with E-state index in [0.717, 1.165) is 12.3 Å². The van der Waals surface area contributed by atoms with Crippen molar-refractivity contribution in [1.82, 2.24) is 14.2 Å². The van der Waals surface area contributed by atoms with Gasteiger partial charge in [0.25, 0.3) is 0 Å². The standard InChI is InChI=1S/C25H31ClF3N5O3S/c1-16-12-20(31-18(3)35)4-5-23(16)38(36,37)33-8-6-21(7-9-33)32-10-11-34(17(2)15-32)24-22(26)13-19(14-30-24)25(27,28)29/h4-5,12-14,17,21H,6-11,15H2,1-3H3,(H,31,35). The molecule has 0 aliphatic carbocycles. The molecule has 1 N–H and O–H groups in total. The molecule has 1 amide bonds. The van der Waals surface area contributed by atoms with Crippen molar-refractivity contribution in [2.45, 2.75) is 56.8 Å². The summed E-state index contributed by atoms with van der Waals surface area (Å²) in [6.07, 6.45) is -2.34. The van der Waals surface area contributed by atoms with Gasteiger partial charge in [0.15, 0.2) is 0 Å². The number of amides is 1. The fourth-order valence-corrected chi connectivity index (χ4v) is 7.19. The molecule has 8 nitrogen and oxygen atoms in total. The number of aryl methyl sites for hydroxylation is 1. The van der Waals surface area contributed by atoms with Crippen LogP contribution >= 0.6 is 11.6 Å². The second kappa shape index (κ2) is 11.0. The molecule has 0 spiro atoms. The normalized spacial score (nSPS) is 20.5. The summed E-state index contributed by atoms with van der Waals surface area (Å²) < 4.78 is 67.1. The Labute approximate surface area is 225 Å². The van der Waals surface area contributed by atoms with Gasteiger partial charge in [-0.15, -0.1) is 0 Å². The van der Waals surface area contributed by atoms with E-state index in [9.17, 15) is 26.4 Å². The Balaban J connectivity index is 1.37. The summed E-state index contributed by atoms with van der Waals surface area (Å²) in [6.45, 7) is 7.76. The summed E-state index contributed by atoms with van der Waals surface area (Å²) in [5, 5.41) is 2.63. The number of sulfonamides is 1. The van der Waals surface area contributed by atoms with E-state index >= 15 is 0 Å². The molecular weight excluding hydrogens is 543 g/mol. The fraction of sp³-hybridized carbons (Fsp3) is 0.520. The van der Waals surface area contributed by atoms with E-state index in [1.807, 2.05) is 11.8 Å². The van der Waals surface area contributed by atoms with Crippen molar-refractivity contribution < 1.29 is 26.4 Å². The molecule has 208 valence electrons. The average molecular weight is 574 g/mol. The third-order valence-corrected chi connectivity index (χ3v) is 9.47. The number of nitrogens with zero attached hydrogens (tertiary/aromatic N) is 4. The number of piperazine rings is 1. The van der Waals surface area contributed by atoms with E-state index < -0.39 is 21.8 Å². The summed E-state index contributed by atoms with van der Waals surface area (Å²) in [5.74, 6) is 0.114. The molecule has 13 heteroatoms. The number of anilines is 2. The number of pyridine rings is 1. The minimum Gasteiger partial charge on any atom is -0.350 e. The Morgan fingerprint density at radius 2 is 1.82 bits per heavy atom. The highest BCUT2D eigenvalue weighted by Crippen LogP contribution is 2.35. The van der Waals surface area contributed by atoms with Crippen LogP contribution < -0.4 is 10.2 Å². The molecule has 2 aliphatic rings. The third-order valence-electron chi connectivity index (χ3n) is 7.13. The maximum atomic E-state index is 13.3. The van der Waals surface area contributed by atoms with Gasteiger partial charge in [-0.3, -0.25) is 9.69 Å². The maximum Gasteiger partial charge on any atom is 0.417 e. The van der Waals surface area contributed by atoms with Crippen LogP contribution in [0.15, 0.2) is 35.4 Å².